The summed E-state index contributed by atoms with van der Waals surface area (Å²) in [5.41, 5.74) is 1.66. The summed E-state index contributed by atoms with van der Waals surface area (Å²) in [6, 6.07) is 7.79. The van der Waals surface area contributed by atoms with E-state index in [4.69, 9.17) is 0 Å². The van der Waals surface area contributed by atoms with Crippen LogP contribution in [0.3, 0.4) is 0 Å². The predicted octanol–water partition coefficient (Wildman–Crippen LogP) is 4.01. The average molecular weight is 263 g/mol. The quantitative estimate of drug-likeness (QED) is 0.890. The molecule has 0 radical (unpaired) electrons. The molecule has 1 aromatic heterocycles. The summed E-state index contributed by atoms with van der Waals surface area (Å²) in [5, 5.41) is 2.70. The van der Waals surface area contributed by atoms with Crippen molar-refractivity contribution in [3.05, 3.63) is 51.5 Å². The second-order valence-electron chi connectivity index (χ2n) is 4.01. The molecule has 0 spiro atoms. The molecule has 1 N–H and O–H groups in total. The smallest absolute Gasteiger partial charge is 0.265 e. The molecule has 4 heteroatoms. The summed E-state index contributed by atoms with van der Waals surface area (Å²) >= 11 is 1.46. The first kappa shape index (κ1) is 12.8. The molecule has 0 aliphatic rings. The van der Waals surface area contributed by atoms with Crippen molar-refractivity contribution in [3.63, 3.8) is 0 Å². The Balaban J connectivity index is 2.16. The van der Waals surface area contributed by atoms with E-state index in [-0.39, 0.29) is 11.7 Å². The van der Waals surface area contributed by atoms with Gasteiger partial charge in [0.25, 0.3) is 5.91 Å². The molecule has 0 atom stereocenters. The first-order valence-electron chi connectivity index (χ1n) is 5.76. The minimum absolute atomic E-state index is 0.187. The van der Waals surface area contributed by atoms with E-state index >= 15 is 0 Å². The summed E-state index contributed by atoms with van der Waals surface area (Å²) in [4.78, 5) is 13.8. The number of carbonyl (C=O) groups excluding carboxylic acids is 1. The lowest BCUT2D eigenvalue weighted by Crippen LogP contribution is -2.10. The Bertz CT molecular complexity index is 577. The lowest BCUT2D eigenvalue weighted by Gasteiger charge is -2.02. The van der Waals surface area contributed by atoms with Crippen molar-refractivity contribution in [2.45, 2.75) is 20.3 Å². The number of nitrogens with one attached hydrogen (secondary N) is 1. The molecule has 2 nitrogen and oxygen atoms in total. The van der Waals surface area contributed by atoms with Gasteiger partial charge >= 0.3 is 0 Å². The second kappa shape index (κ2) is 5.31. The number of hydrogen-bond acceptors (Lipinski definition) is 2. The maximum Gasteiger partial charge on any atom is 0.265 e. The highest BCUT2D eigenvalue weighted by atomic mass is 32.1. The van der Waals surface area contributed by atoms with Crippen LogP contribution < -0.4 is 5.32 Å². The summed E-state index contributed by atoms with van der Waals surface area (Å²) in [7, 11) is 0. The Morgan fingerprint density at radius 2 is 2.17 bits per heavy atom. The molecule has 0 saturated heterocycles. The predicted molar refractivity (Wildman–Crippen MR) is 72.8 cm³/mol. The van der Waals surface area contributed by atoms with Gasteiger partial charge in [-0.2, -0.15) is 0 Å². The Labute approximate surface area is 109 Å². The van der Waals surface area contributed by atoms with Gasteiger partial charge in [0.15, 0.2) is 0 Å². The van der Waals surface area contributed by atoms with Crippen LogP contribution in [-0.2, 0) is 6.42 Å². The molecule has 1 aromatic carbocycles. The van der Waals surface area contributed by atoms with Gasteiger partial charge in [0.2, 0.25) is 0 Å². The molecule has 0 aliphatic carbocycles. The summed E-state index contributed by atoms with van der Waals surface area (Å²) in [6.07, 6.45) is 0.912. The number of anilines is 1. The Morgan fingerprint density at radius 1 is 1.39 bits per heavy atom. The minimum Gasteiger partial charge on any atom is -0.321 e. The third kappa shape index (κ3) is 2.76. The monoisotopic (exact) mass is 263 g/mol. The van der Waals surface area contributed by atoms with E-state index in [1.54, 1.807) is 12.1 Å². The van der Waals surface area contributed by atoms with Gasteiger partial charge in [-0.15, -0.1) is 11.3 Å². The van der Waals surface area contributed by atoms with Gasteiger partial charge in [-0.05, 0) is 43.2 Å². The Kier molecular flexibility index (Phi) is 3.77. The molecule has 0 saturated carbocycles. The van der Waals surface area contributed by atoms with E-state index in [1.807, 2.05) is 13.0 Å². The van der Waals surface area contributed by atoms with Gasteiger partial charge in [-0.25, -0.2) is 4.39 Å². The summed E-state index contributed by atoms with van der Waals surface area (Å²) in [5.74, 6) is -0.544. The molecule has 94 valence electrons. The third-order valence-electron chi connectivity index (χ3n) is 2.71. The van der Waals surface area contributed by atoms with Crippen LogP contribution in [0.15, 0.2) is 30.3 Å². The lowest BCUT2D eigenvalue weighted by atomic mass is 10.2. The van der Waals surface area contributed by atoms with Crippen molar-refractivity contribution in [1.82, 2.24) is 0 Å². The lowest BCUT2D eigenvalue weighted by molar-refractivity contribution is 0.103. The van der Waals surface area contributed by atoms with Gasteiger partial charge in [0, 0.05) is 10.6 Å². The van der Waals surface area contributed by atoms with E-state index < -0.39 is 0 Å². The zero-order chi connectivity index (χ0) is 13.1. The molecule has 1 heterocycles. The molecule has 0 fully saturated rings. The van der Waals surface area contributed by atoms with Crippen LogP contribution in [0.25, 0.3) is 0 Å². The first-order chi connectivity index (χ1) is 8.60. The van der Waals surface area contributed by atoms with Gasteiger partial charge in [0.05, 0.1) is 4.88 Å². The number of aryl methyl sites for hydroxylation is 2. The molecular weight excluding hydrogens is 249 g/mol. The molecule has 2 aromatic rings. The third-order valence-corrected chi connectivity index (χ3v) is 3.80. The van der Waals surface area contributed by atoms with Crippen LogP contribution in [0.1, 0.15) is 27.0 Å². The number of rotatable bonds is 3. The van der Waals surface area contributed by atoms with Crippen molar-refractivity contribution in [1.29, 1.82) is 0 Å². The van der Waals surface area contributed by atoms with Gasteiger partial charge in [-0.1, -0.05) is 13.0 Å². The SMILES string of the molecule is CCc1cc(C(=O)Nc2cccc(F)c2)sc1C. The van der Waals surface area contributed by atoms with Crippen molar-refractivity contribution >= 4 is 22.9 Å². The van der Waals surface area contributed by atoms with Crippen LogP contribution in [0, 0.1) is 12.7 Å². The second-order valence-corrected chi connectivity index (χ2v) is 5.27. The maximum atomic E-state index is 13.0. The van der Waals surface area contributed by atoms with Crippen LogP contribution in [0.4, 0.5) is 10.1 Å². The molecule has 18 heavy (non-hydrogen) atoms. The number of thiophene rings is 1. The summed E-state index contributed by atoms with van der Waals surface area (Å²) in [6.45, 7) is 4.06. The topological polar surface area (TPSA) is 29.1 Å². The minimum atomic E-state index is -0.357. The van der Waals surface area contributed by atoms with Gasteiger partial charge in [0.1, 0.15) is 5.82 Å². The van der Waals surface area contributed by atoms with E-state index in [1.165, 1.54) is 29.0 Å². The highest BCUT2D eigenvalue weighted by Gasteiger charge is 2.11. The van der Waals surface area contributed by atoms with E-state index in [2.05, 4.69) is 12.2 Å². The van der Waals surface area contributed by atoms with E-state index in [0.29, 0.717) is 10.6 Å². The number of carbonyl (C=O) groups is 1. The average Bonchev–Trinajstić information content (AvgIpc) is 2.70. The number of hydrogen-bond donors (Lipinski definition) is 1. The van der Waals surface area contributed by atoms with Crippen molar-refractivity contribution < 1.29 is 9.18 Å². The van der Waals surface area contributed by atoms with Gasteiger partial charge < -0.3 is 5.32 Å². The normalized spacial score (nSPS) is 10.4. The number of halogens is 1. The van der Waals surface area contributed by atoms with Crippen LogP contribution in [0.5, 0.6) is 0 Å². The molecular formula is C14H14FNOS. The fraction of sp³-hybridized carbons (Fsp3) is 0.214. The standard InChI is InChI=1S/C14H14FNOS/c1-3-10-7-13(18-9(10)2)14(17)16-12-6-4-5-11(15)8-12/h4-8H,3H2,1-2H3,(H,16,17). The van der Waals surface area contributed by atoms with E-state index in [9.17, 15) is 9.18 Å². The first-order valence-corrected chi connectivity index (χ1v) is 6.58. The Hall–Kier alpha value is -1.68. The zero-order valence-electron chi connectivity index (χ0n) is 10.3. The molecule has 1 amide bonds. The van der Waals surface area contributed by atoms with Crippen LogP contribution in [0.2, 0.25) is 0 Å². The number of amides is 1. The van der Waals surface area contributed by atoms with E-state index in [0.717, 1.165) is 11.3 Å². The molecule has 0 aliphatic heterocycles. The van der Waals surface area contributed by atoms with Crippen LogP contribution in [-0.4, -0.2) is 5.91 Å². The largest absolute Gasteiger partial charge is 0.321 e. The maximum absolute atomic E-state index is 13.0. The summed E-state index contributed by atoms with van der Waals surface area (Å²) < 4.78 is 13.0. The fourth-order valence-corrected chi connectivity index (χ4v) is 2.75. The molecule has 0 bridgehead atoms. The highest BCUT2D eigenvalue weighted by Crippen LogP contribution is 2.23. The zero-order valence-corrected chi connectivity index (χ0v) is 11.1. The fourth-order valence-electron chi connectivity index (χ4n) is 1.74. The van der Waals surface area contributed by atoms with Crippen molar-refractivity contribution in [2.75, 3.05) is 5.32 Å². The van der Waals surface area contributed by atoms with Crippen molar-refractivity contribution in [2.24, 2.45) is 0 Å². The molecule has 0 unspecified atom stereocenters. The van der Waals surface area contributed by atoms with Crippen molar-refractivity contribution in [3.8, 4) is 0 Å². The number of benzene rings is 1. The molecule has 2 rings (SSSR count). The highest BCUT2D eigenvalue weighted by molar-refractivity contribution is 7.14. The van der Waals surface area contributed by atoms with Crippen LogP contribution >= 0.6 is 11.3 Å². The van der Waals surface area contributed by atoms with Gasteiger partial charge in [-0.3, -0.25) is 4.79 Å². The Morgan fingerprint density at radius 3 is 2.78 bits per heavy atom.